The first-order valence-corrected chi connectivity index (χ1v) is 5.75. The van der Waals surface area contributed by atoms with E-state index in [4.69, 9.17) is 4.42 Å². The third kappa shape index (κ3) is 1.85. The summed E-state index contributed by atoms with van der Waals surface area (Å²) in [5.41, 5.74) is 0.101. The fourth-order valence-electron chi connectivity index (χ4n) is 2.13. The van der Waals surface area contributed by atoms with Crippen LogP contribution in [0.3, 0.4) is 0 Å². The third-order valence-electron chi connectivity index (χ3n) is 3.02. The monoisotopic (exact) mass is 255 g/mol. The normalized spacial score (nSPS) is 13.3. The zero-order valence-electron chi connectivity index (χ0n) is 9.83. The molecule has 0 unspecified atom stereocenters. The van der Waals surface area contributed by atoms with Gasteiger partial charge in [0.25, 0.3) is 5.69 Å². The van der Waals surface area contributed by atoms with Crippen LogP contribution in [-0.2, 0) is 0 Å². The van der Waals surface area contributed by atoms with Crippen LogP contribution < -0.4 is 5.63 Å². The van der Waals surface area contributed by atoms with Gasteiger partial charge in [0.2, 0.25) is 0 Å². The van der Waals surface area contributed by atoms with Crippen LogP contribution >= 0.6 is 0 Å². The van der Waals surface area contributed by atoms with E-state index < -0.39 is 10.5 Å². The molecule has 0 saturated carbocycles. The van der Waals surface area contributed by atoms with Crippen LogP contribution in [-0.4, -0.2) is 4.92 Å². The molecule has 0 amide bonds. The van der Waals surface area contributed by atoms with Gasteiger partial charge in [-0.05, 0) is 18.6 Å². The predicted octanol–water partition coefficient (Wildman–Crippen LogP) is 3.13. The molecule has 1 aromatic heterocycles. The number of nitro benzene ring substituents is 1. The topological polar surface area (TPSA) is 73.3 Å². The van der Waals surface area contributed by atoms with Gasteiger partial charge in [-0.25, -0.2) is 4.79 Å². The molecule has 0 aliphatic heterocycles. The Hall–Kier alpha value is -2.69. The average Bonchev–Trinajstić information content (AvgIpc) is 2.63. The fourth-order valence-corrected chi connectivity index (χ4v) is 2.13. The average molecular weight is 255 g/mol. The Morgan fingerprint density at radius 2 is 1.95 bits per heavy atom. The molecule has 0 fully saturated rings. The third-order valence-corrected chi connectivity index (χ3v) is 3.02. The number of rotatable bonds is 1. The number of allylic oxidation sites excluding steroid dienone is 2. The molecular formula is C14H9NO4. The van der Waals surface area contributed by atoms with Crippen molar-refractivity contribution in [1.82, 2.24) is 0 Å². The second kappa shape index (κ2) is 4.20. The van der Waals surface area contributed by atoms with Gasteiger partial charge in [0.05, 0.1) is 10.3 Å². The highest BCUT2D eigenvalue weighted by molar-refractivity contribution is 5.93. The SMILES string of the molecule is O=c1oc2c(c3ccc([N+](=O)[O-])cc13)C=CCC=C2. The summed E-state index contributed by atoms with van der Waals surface area (Å²) >= 11 is 0. The van der Waals surface area contributed by atoms with Crippen molar-refractivity contribution in [3.8, 4) is 0 Å². The molecule has 0 bridgehead atoms. The first-order valence-electron chi connectivity index (χ1n) is 5.75. The summed E-state index contributed by atoms with van der Waals surface area (Å²) < 4.78 is 5.21. The highest BCUT2D eigenvalue weighted by Gasteiger charge is 2.14. The largest absolute Gasteiger partial charge is 0.422 e. The summed E-state index contributed by atoms with van der Waals surface area (Å²) in [6.45, 7) is 0. The molecule has 94 valence electrons. The van der Waals surface area contributed by atoms with Crippen molar-refractivity contribution >= 4 is 28.6 Å². The fraction of sp³-hybridized carbons (Fsp3) is 0.0714. The van der Waals surface area contributed by atoms with Gasteiger partial charge in [0.15, 0.2) is 0 Å². The predicted molar refractivity (Wildman–Crippen MR) is 71.8 cm³/mol. The van der Waals surface area contributed by atoms with Crippen molar-refractivity contribution in [2.45, 2.75) is 6.42 Å². The number of hydrogen-bond acceptors (Lipinski definition) is 4. The Bertz CT molecular complexity index is 799. The van der Waals surface area contributed by atoms with Crippen LogP contribution in [0, 0.1) is 10.1 Å². The second-order valence-electron chi connectivity index (χ2n) is 4.19. The summed E-state index contributed by atoms with van der Waals surface area (Å²) in [7, 11) is 0. The van der Waals surface area contributed by atoms with E-state index in [2.05, 4.69) is 0 Å². The van der Waals surface area contributed by atoms with Gasteiger partial charge in [-0.3, -0.25) is 10.1 Å². The first-order chi connectivity index (χ1) is 9.16. The van der Waals surface area contributed by atoms with Gasteiger partial charge in [0.1, 0.15) is 5.76 Å². The van der Waals surface area contributed by atoms with Crippen molar-refractivity contribution in [2.75, 3.05) is 0 Å². The van der Waals surface area contributed by atoms with Crippen molar-refractivity contribution < 1.29 is 9.34 Å². The standard InChI is InChI=1S/C14H9NO4/c16-14-12-8-9(15(17)18)6-7-10(12)11-4-2-1-3-5-13(11)19-14/h2-8H,1H2. The molecule has 0 radical (unpaired) electrons. The second-order valence-corrected chi connectivity index (χ2v) is 4.19. The molecule has 1 aliphatic carbocycles. The molecular weight excluding hydrogens is 246 g/mol. The molecule has 3 rings (SSSR count). The molecule has 0 atom stereocenters. The molecule has 5 nitrogen and oxygen atoms in total. The summed E-state index contributed by atoms with van der Waals surface area (Å²) in [6.07, 6.45) is 8.21. The van der Waals surface area contributed by atoms with Gasteiger partial charge in [-0.2, -0.15) is 0 Å². The van der Waals surface area contributed by atoms with E-state index in [0.29, 0.717) is 11.1 Å². The molecule has 1 heterocycles. The van der Waals surface area contributed by atoms with E-state index >= 15 is 0 Å². The van der Waals surface area contributed by atoms with Crippen LogP contribution in [0.1, 0.15) is 17.7 Å². The summed E-state index contributed by atoms with van der Waals surface area (Å²) in [4.78, 5) is 22.1. The van der Waals surface area contributed by atoms with Crippen molar-refractivity contribution in [2.24, 2.45) is 0 Å². The smallest absolute Gasteiger partial charge is 0.344 e. The molecule has 1 aliphatic rings. The van der Waals surface area contributed by atoms with Gasteiger partial charge >= 0.3 is 5.63 Å². The Morgan fingerprint density at radius 3 is 2.74 bits per heavy atom. The van der Waals surface area contributed by atoms with Crippen LogP contribution in [0.15, 0.2) is 39.6 Å². The number of nitro groups is 1. The Morgan fingerprint density at radius 1 is 1.16 bits per heavy atom. The van der Waals surface area contributed by atoms with E-state index in [1.54, 1.807) is 12.1 Å². The number of benzene rings is 1. The van der Waals surface area contributed by atoms with E-state index in [0.717, 1.165) is 12.0 Å². The molecule has 0 spiro atoms. The van der Waals surface area contributed by atoms with Gasteiger partial charge in [-0.1, -0.05) is 18.2 Å². The molecule has 2 aromatic rings. The lowest BCUT2D eigenvalue weighted by Gasteiger charge is -2.04. The Balaban J connectivity index is 2.41. The highest BCUT2D eigenvalue weighted by Crippen LogP contribution is 2.27. The number of non-ortho nitro benzene ring substituents is 1. The van der Waals surface area contributed by atoms with Crippen molar-refractivity contribution in [3.63, 3.8) is 0 Å². The molecule has 5 heteroatoms. The van der Waals surface area contributed by atoms with Gasteiger partial charge in [0, 0.05) is 23.1 Å². The number of nitrogens with zero attached hydrogens (tertiary/aromatic N) is 1. The van der Waals surface area contributed by atoms with Crippen LogP contribution in [0.4, 0.5) is 5.69 Å². The Labute approximate surface area is 107 Å². The van der Waals surface area contributed by atoms with E-state index in [1.807, 2.05) is 18.2 Å². The van der Waals surface area contributed by atoms with Gasteiger partial charge < -0.3 is 4.42 Å². The quantitative estimate of drug-likeness (QED) is 0.579. The van der Waals surface area contributed by atoms with Crippen LogP contribution in [0.5, 0.6) is 0 Å². The molecule has 0 N–H and O–H groups in total. The minimum absolute atomic E-state index is 0.118. The summed E-state index contributed by atoms with van der Waals surface area (Å²) in [5, 5.41) is 11.6. The van der Waals surface area contributed by atoms with Gasteiger partial charge in [-0.15, -0.1) is 0 Å². The van der Waals surface area contributed by atoms with Crippen molar-refractivity contribution in [3.05, 3.63) is 62.2 Å². The maximum Gasteiger partial charge on any atom is 0.344 e. The minimum Gasteiger partial charge on any atom is -0.422 e. The zero-order valence-corrected chi connectivity index (χ0v) is 9.83. The van der Waals surface area contributed by atoms with Crippen LogP contribution in [0.2, 0.25) is 0 Å². The maximum absolute atomic E-state index is 11.9. The minimum atomic E-state index is -0.558. The van der Waals surface area contributed by atoms with Crippen LogP contribution in [0.25, 0.3) is 22.9 Å². The summed E-state index contributed by atoms with van der Waals surface area (Å²) in [5.74, 6) is 0.486. The van der Waals surface area contributed by atoms with Crippen molar-refractivity contribution in [1.29, 1.82) is 0 Å². The zero-order chi connectivity index (χ0) is 13.4. The maximum atomic E-state index is 11.9. The highest BCUT2D eigenvalue weighted by atomic mass is 16.6. The Kier molecular flexibility index (Phi) is 2.52. The lowest BCUT2D eigenvalue weighted by Crippen LogP contribution is -2.03. The first kappa shape index (κ1) is 11.4. The number of hydrogen-bond donors (Lipinski definition) is 0. The molecule has 19 heavy (non-hydrogen) atoms. The van der Waals surface area contributed by atoms with E-state index in [-0.39, 0.29) is 11.1 Å². The summed E-state index contributed by atoms with van der Waals surface area (Å²) in [6, 6.07) is 4.24. The lowest BCUT2D eigenvalue weighted by molar-refractivity contribution is -0.384. The van der Waals surface area contributed by atoms with E-state index in [9.17, 15) is 14.9 Å². The lowest BCUT2D eigenvalue weighted by atomic mass is 10.0. The number of fused-ring (bicyclic) bond motifs is 3. The van der Waals surface area contributed by atoms with E-state index in [1.165, 1.54) is 12.1 Å². The molecule has 0 saturated heterocycles. The molecule has 1 aromatic carbocycles.